The second kappa shape index (κ2) is 11.8. The van der Waals surface area contributed by atoms with Crippen molar-refractivity contribution in [3.63, 3.8) is 0 Å². The van der Waals surface area contributed by atoms with Gasteiger partial charge in [-0.05, 0) is 85.5 Å². The van der Waals surface area contributed by atoms with E-state index < -0.39 is 30.9 Å². The Morgan fingerprint density at radius 2 is 1.02 bits per heavy atom. The monoisotopic (exact) mass is 704 g/mol. The highest BCUT2D eigenvalue weighted by atomic mass is 33.1. The number of hydrogen-bond acceptors (Lipinski definition) is 8. The Bertz CT molecular complexity index is 1640. The fraction of sp³-hybridized carbons (Fsp3) is 0.588. The molecular formula is C34H44N2O6S4. The molecule has 0 saturated heterocycles. The van der Waals surface area contributed by atoms with Crippen LogP contribution in [-0.2, 0) is 29.6 Å². The van der Waals surface area contributed by atoms with Crippen molar-refractivity contribution in [2.75, 3.05) is 20.9 Å². The van der Waals surface area contributed by atoms with Gasteiger partial charge in [0, 0.05) is 33.5 Å². The first-order valence-electron chi connectivity index (χ1n) is 16.0. The van der Waals surface area contributed by atoms with Crippen molar-refractivity contribution in [1.29, 1.82) is 0 Å². The van der Waals surface area contributed by atoms with Crippen LogP contribution < -0.4 is 9.44 Å². The van der Waals surface area contributed by atoms with Crippen molar-refractivity contribution in [3.8, 4) is 0 Å². The summed E-state index contributed by atoms with van der Waals surface area (Å²) in [7, 11) is -5.05. The fourth-order valence-corrected chi connectivity index (χ4v) is 14.7. The van der Waals surface area contributed by atoms with Gasteiger partial charge in [-0.2, -0.15) is 0 Å². The summed E-state index contributed by atoms with van der Waals surface area (Å²) in [5.74, 6) is 0.302. The number of ketones is 2. The van der Waals surface area contributed by atoms with Crippen molar-refractivity contribution in [1.82, 2.24) is 0 Å². The molecular weight excluding hydrogens is 661 g/mol. The van der Waals surface area contributed by atoms with Gasteiger partial charge in [0.2, 0.25) is 20.0 Å². The summed E-state index contributed by atoms with van der Waals surface area (Å²) in [6.07, 6.45) is 5.01. The predicted molar refractivity (Wildman–Crippen MR) is 186 cm³/mol. The van der Waals surface area contributed by atoms with Crippen molar-refractivity contribution in [3.05, 3.63) is 48.5 Å². The van der Waals surface area contributed by atoms with Crippen LogP contribution in [0.2, 0.25) is 0 Å². The molecule has 0 amide bonds. The normalized spacial score (nSPS) is 29.9. The largest absolute Gasteiger partial charge is 0.299 e. The lowest BCUT2D eigenvalue weighted by molar-refractivity contribution is -0.145. The van der Waals surface area contributed by atoms with Crippen LogP contribution in [-0.4, -0.2) is 39.9 Å². The zero-order chi connectivity index (χ0) is 33.2. The summed E-state index contributed by atoms with van der Waals surface area (Å²) in [5.41, 5.74) is -1.01. The Balaban J connectivity index is 1.15. The minimum absolute atomic E-state index is 0.0644. The molecule has 250 valence electrons. The molecule has 0 aliphatic heterocycles. The lowest BCUT2D eigenvalue weighted by Gasteiger charge is -2.53. The van der Waals surface area contributed by atoms with Gasteiger partial charge in [-0.3, -0.25) is 19.0 Å². The third-order valence-corrected chi connectivity index (χ3v) is 16.7. The van der Waals surface area contributed by atoms with Gasteiger partial charge >= 0.3 is 0 Å². The number of hydrogen-bond donors (Lipinski definition) is 2. The van der Waals surface area contributed by atoms with Gasteiger partial charge in [0.25, 0.3) is 0 Å². The summed E-state index contributed by atoms with van der Waals surface area (Å²) in [4.78, 5) is 27.5. The second-order valence-corrected chi connectivity index (χ2v) is 21.2. The zero-order valence-electron chi connectivity index (χ0n) is 26.9. The maximum Gasteiger partial charge on any atom is 0.233 e. The summed E-state index contributed by atoms with van der Waals surface area (Å²) in [5, 5.41) is 0. The number of nitrogens with one attached hydrogen (secondary N) is 2. The standard InChI is InChI=1S/C34H44N2O6S4/c1-31(2)19-33(15-13-23(31)17-29(33)37)21-45(39,40)35-25-9-5-7-11-27(25)43-44-28-12-8-6-10-26(28)36-46(41,42)22-34-16-14-24(18-30(34)38)32(3,4)20-34/h5-12,23-24,35-36H,13-22H2,1-4H3. The molecule has 0 spiro atoms. The molecule has 2 aromatic carbocycles. The van der Waals surface area contributed by atoms with Crippen LogP contribution >= 0.6 is 21.6 Å². The van der Waals surface area contributed by atoms with Crippen LogP contribution in [0.3, 0.4) is 0 Å². The molecule has 4 unspecified atom stereocenters. The van der Waals surface area contributed by atoms with Crippen LogP contribution in [0.25, 0.3) is 0 Å². The van der Waals surface area contributed by atoms with E-state index in [0.29, 0.717) is 71.5 Å². The average molecular weight is 705 g/mol. The Labute approximate surface area is 281 Å². The molecule has 46 heavy (non-hydrogen) atoms. The van der Waals surface area contributed by atoms with E-state index in [1.807, 2.05) is 24.3 Å². The number of carbonyl (C=O) groups excluding carboxylic acids is 2. The molecule has 8 rings (SSSR count). The molecule has 0 radical (unpaired) electrons. The third kappa shape index (κ3) is 6.65. The van der Waals surface area contributed by atoms with Gasteiger partial charge < -0.3 is 0 Å². The molecule has 2 aromatic rings. The summed E-state index contributed by atoms with van der Waals surface area (Å²) >= 11 is 0. The van der Waals surface area contributed by atoms with Crippen molar-refractivity contribution < 1.29 is 26.4 Å². The Hall–Kier alpha value is -2.02. The van der Waals surface area contributed by atoms with Crippen LogP contribution in [0.1, 0.15) is 79.1 Å². The molecule has 6 saturated carbocycles. The number of anilines is 2. The molecule has 12 heteroatoms. The molecule has 2 N–H and O–H groups in total. The maximum absolute atomic E-state index is 13.5. The second-order valence-electron chi connectivity index (χ2n) is 15.5. The minimum Gasteiger partial charge on any atom is -0.299 e. The molecule has 6 fully saturated rings. The smallest absolute Gasteiger partial charge is 0.233 e. The minimum atomic E-state index is -3.85. The van der Waals surface area contributed by atoms with Crippen LogP contribution in [0.15, 0.2) is 58.3 Å². The highest BCUT2D eigenvalue weighted by Crippen LogP contribution is 2.58. The van der Waals surface area contributed by atoms with Gasteiger partial charge in [-0.25, -0.2) is 16.8 Å². The van der Waals surface area contributed by atoms with E-state index in [2.05, 4.69) is 37.1 Å². The van der Waals surface area contributed by atoms with E-state index in [0.717, 1.165) is 12.8 Å². The van der Waals surface area contributed by atoms with Gasteiger partial charge in [-0.15, -0.1) is 0 Å². The lowest BCUT2D eigenvalue weighted by Crippen LogP contribution is -2.54. The topological polar surface area (TPSA) is 126 Å². The van der Waals surface area contributed by atoms with Gasteiger partial charge in [0.1, 0.15) is 11.6 Å². The van der Waals surface area contributed by atoms with Gasteiger partial charge in [-0.1, -0.05) is 73.5 Å². The first-order chi connectivity index (χ1) is 21.4. The SMILES string of the molecule is CC1(C)CC2(CS(=O)(=O)Nc3ccccc3SSc3ccccc3NS(=O)(=O)CC34CCC(CC3=O)C(C)(C)C4)CCC1CC2=O. The predicted octanol–water partition coefficient (Wildman–Crippen LogP) is 7.54. The number of rotatable bonds is 11. The highest BCUT2D eigenvalue weighted by molar-refractivity contribution is 8.76. The molecule has 6 aliphatic carbocycles. The molecule has 6 aliphatic rings. The zero-order valence-corrected chi connectivity index (χ0v) is 30.2. The highest BCUT2D eigenvalue weighted by Gasteiger charge is 2.57. The van der Waals surface area contributed by atoms with E-state index in [-0.39, 0.29) is 33.9 Å². The summed E-state index contributed by atoms with van der Waals surface area (Å²) in [6, 6.07) is 14.2. The molecule has 8 nitrogen and oxygen atoms in total. The quantitative estimate of drug-likeness (QED) is 0.230. The van der Waals surface area contributed by atoms with Crippen LogP contribution in [0.5, 0.6) is 0 Å². The number of fused-ring (bicyclic) bond motifs is 6. The maximum atomic E-state index is 13.5. The van der Waals surface area contributed by atoms with Crippen LogP contribution in [0.4, 0.5) is 11.4 Å². The fourth-order valence-electron chi connectivity index (χ4n) is 8.88. The summed E-state index contributed by atoms with van der Waals surface area (Å²) < 4.78 is 59.7. The number of para-hydroxylation sites is 2. The number of Topliss-reactive ketones (excluding diaryl/α,β-unsaturated/α-hetero) is 2. The van der Waals surface area contributed by atoms with E-state index in [1.165, 1.54) is 21.6 Å². The van der Waals surface area contributed by atoms with Crippen molar-refractivity contribution in [2.45, 2.75) is 88.9 Å². The van der Waals surface area contributed by atoms with Crippen molar-refractivity contribution >= 4 is 64.6 Å². The van der Waals surface area contributed by atoms with E-state index >= 15 is 0 Å². The number of benzene rings is 2. The molecule has 4 atom stereocenters. The number of carbonyl (C=O) groups is 2. The number of sulfonamides is 2. The van der Waals surface area contributed by atoms with Gasteiger partial charge in [0.05, 0.1) is 22.9 Å². The Kier molecular flexibility index (Phi) is 8.72. The third-order valence-electron chi connectivity index (χ3n) is 11.2. The van der Waals surface area contributed by atoms with E-state index in [1.54, 1.807) is 24.3 Å². The van der Waals surface area contributed by atoms with Crippen LogP contribution in [0, 0.1) is 33.5 Å². The summed E-state index contributed by atoms with van der Waals surface area (Å²) in [6.45, 7) is 8.55. The van der Waals surface area contributed by atoms with Gasteiger partial charge in [0.15, 0.2) is 0 Å². The first-order valence-corrected chi connectivity index (χ1v) is 21.5. The Morgan fingerprint density at radius 1 is 0.652 bits per heavy atom. The average Bonchev–Trinajstić information content (AvgIpc) is 2.93. The molecule has 0 heterocycles. The van der Waals surface area contributed by atoms with Crippen molar-refractivity contribution in [2.24, 2.45) is 33.5 Å². The lowest BCUT2D eigenvalue weighted by atomic mass is 9.51. The van der Waals surface area contributed by atoms with E-state index in [9.17, 15) is 26.4 Å². The molecule has 0 aromatic heterocycles. The molecule has 4 bridgehead atoms. The van der Waals surface area contributed by atoms with E-state index in [4.69, 9.17) is 0 Å². The first kappa shape index (κ1) is 33.9. The Morgan fingerprint density at radius 3 is 1.37 bits per heavy atom.